The number of halogens is 1. The van der Waals surface area contributed by atoms with Gasteiger partial charge in [0.1, 0.15) is 12.4 Å². The number of benzene rings is 1. The van der Waals surface area contributed by atoms with Gasteiger partial charge in [0.2, 0.25) is 5.91 Å². The van der Waals surface area contributed by atoms with Gasteiger partial charge in [-0.2, -0.15) is 0 Å². The summed E-state index contributed by atoms with van der Waals surface area (Å²) in [7, 11) is 0. The van der Waals surface area contributed by atoms with Crippen LogP contribution < -0.4 is 5.32 Å². The average Bonchev–Trinajstić information content (AvgIpc) is 3.18. The van der Waals surface area contributed by atoms with Gasteiger partial charge < -0.3 is 19.4 Å². The quantitative estimate of drug-likeness (QED) is 0.926. The van der Waals surface area contributed by atoms with Crippen molar-refractivity contribution in [2.75, 3.05) is 19.8 Å². The van der Waals surface area contributed by atoms with E-state index in [4.69, 9.17) is 9.47 Å². The van der Waals surface area contributed by atoms with E-state index in [9.17, 15) is 9.18 Å². The highest BCUT2D eigenvalue weighted by Gasteiger charge is 2.41. The smallest absolute Gasteiger partial charge is 0.240 e. The molecule has 0 aliphatic carbocycles. The Balaban J connectivity index is 1.31. The average molecular weight is 346 g/mol. The van der Waals surface area contributed by atoms with E-state index in [1.807, 2.05) is 12.3 Å². The topological polar surface area (TPSA) is 52.5 Å². The molecule has 4 rings (SSSR count). The van der Waals surface area contributed by atoms with Crippen LogP contribution in [0.2, 0.25) is 0 Å². The molecule has 2 aliphatic heterocycles. The van der Waals surface area contributed by atoms with Crippen LogP contribution in [0.5, 0.6) is 0 Å². The Labute approximate surface area is 146 Å². The Morgan fingerprint density at radius 3 is 2.96 bits per heavy atom. The molecule has 6 heteroatoms. The van der Waals surface area contributed by atoms with Crippen LogP contribution in [0.25, 0.3) is 10.9 Å². The van der Waals surface area contributed by atoms with Crippen molar-refractivity contribution in [2.24, 2.45) is 0 Å². The fourth-order valence-corrected chi connectivity index (χ4v) is 3.88. The van der Waals surface area contributed by atoms with Crippen molar-refractivity contribution < 1.29 is 18.7 Å². The number of amides is 1. The van der Waals surface area contributed by atoms with E-state index < -0.39 is 0 Å². The normalized spacial score (nSPS) is 22.5. The third kappa shape index (κ3) is 3.55. The highest BCUT2D eigenvalue weighted by atomic mass is 19.1. The van der Waals surface area contributed by atoms with Crippen LogP contribution in [0.1, 0.15) is 25.7 Å². The number of hydrogen-bond acceptors (Lipinski definition) is 3. The first kappa shape index (κ1) is 16.5. The lowest BCUT2D eigenvalue weighted by Gasteiger charge is -2.33. The van der Waals surface area contributed by atoms with Crippen molar-refractivity contribution >= 4 is 16.8 Å². The van der Waals surface area contributed by atoms with E-state index in [0.29, 0.717) is 6.54 Å². The first-order chi connectivity index (χ1) is 12.1. The van der Waals surface area contributed by atoms with Crippen LogP contribution in [0.15, 0.2) is 30.5 Å². The molecule has 134 valence electrons. The predicted octanol–water partition coefficient (Wildman–Crippen LogP) is 2.62. The zero-order valence-electron chi connectivity index (χ0n) is 14.2. The van der Waals surface area contributed by atoms with E-state index >= 15 is 0 Å². The van der Waals surface area contributed by atoms with Gasteiger partial charge in [-0.15, -0.1) is 0 Å². The number of nitrogens with zero attached hydrogens (tertiary/aromatic N) is 1. The second kappa shape index (κ2) is 6.77. The number of nitrogens with one attached hydrogen (secondary N) is 1. The maximum absolute atomic E-state index is 13.4. The molecule has 0 radical (unpaired) electrons. The Hall–Kier alpha value is -1.92. The molecule has 2 fully saturated rings. The van der Waals surface area contributed by atoms with Crippen molar-refractivity contribution in [2.45, 2.75) is 43.9 Å². The molecule has 1 atom stereocenters. The van der Waals surface area contributed by atoms with E-state index in [2.05, 4.69) is 5.32 Å². The van der Waals surface area contributed by atoms with Gasteiger partial charge in [0.25, 0.3) is 0 Å². The third-order valence-electron chi connectivity index (χ3n) is 5.32. The number of carbonyl (C=O) groups is 1. The molecule has 1 N–H and O–H groups in total. The van der Waals surface area contributed by atoms with Gasteiger partial charge >= 0.3 is 0 Å². The van der Waals surface area contributed by atoms with E-state index in [1.165, 1.54) is 12.1 Å². The van der Waals surface area contributed by atoms with Crippen LogP contribution in [0, 0.1) is 5.82 Å². The van der Waals surface area contributed by atoms with Crippen molar-refractivity contribution in [3.05, 3.63) is 36.3 Å². The summed E-state index contributed by atoms with van der Waals surface area (Å²) in [6, 6.07) is 6.49. The summed E-state index contributed by atoms with van der Waals surface area (Å²) in [5.41, 5.74) is 0.690. The summed E-state index contributed by atoms with van der Waals surface area (Å²) < 4.78 is 26.8. The number of fused-ring (bicyclic) bond motifs is 1. The van der Waals surface area contributed by atoms with Crippen LogP contribution in [-0.4, -0.2) is 41.9 Å². The molecule has 1 spiro atoms. The summed E-state index contributed by atoms with van der Waals surface area (Å²) in [5.74, 6) is -0.382. The van der Waals surface area contributed by atoms with Crippen molar-refractivity contribution in [3.63, 3.8) is 0 Å². The predicted molar refractivity (Wildman–Crippen MR) is 91.8 cm³/mol. The molecule has 1 amide bonds. The maximum Gasteiger partial charge on any atom is 0.240 e. The van der Waals surface area contributed by atoms with E-state index in [1.54, 1.807) is 10.6 Å². The van der Waals surface area contributed by atoms with E-state index in [-0.39, 0.29) is 30.0 Å². The molecule has 2 aliphatic rings. The summed E-state index contributed by atoms with van der Waals surface area (Å²) >= 11 is 0. The van der Waals surface area contributed by atoms with Crippen molar-refractivity contribution in [1.29, 1.82) is 0 Å². The molecule has 0 saturated carbocycles. The maximum atomic E-state index is 13.4. The highest BCUT2D eigenvalue weighted by molar-refractivity contribution is 5.83. The molecule has 2 aromatic rings. The molecular formula is C19H23FN2O3. The molecule has 3 heterocycles. The molecule has 1 unspecified atom stereocenters. The third-order valence-corrected chi connectivity index (χ3v) is 5.32. The lowest BCUT2D eigenvalue weighted by molar-refractivity contribution is -0.124. The van der Waals surface area contributed by atoms with Gasteiger partial charge in [0, 0.05) is 26.0 Å². The lowest BCUT2D eigenvalue weighted by Crippen LogP contribution is -2.39. The van der Waals surface area contributed by atoms with Gasteiger partial charge in [0.15, 0.2) is 0 Å². The van der Waals surface area contributed by atoms with Crippen molar-refractivity contribution in [3.8, 4) is 0 Å². The number of aromatic nitrogens is 1. The Morgan fingerprint density at radius 2 is 2.12 bits per heavy atom. The molecule has 0 bridgehead atoms. The lowest BCUT2D eigenvalue weighted by atomic mass is 9.91. The molecular weight excluding hydrogens is 323 g/mol. The minimum atomic E-state index is -0.297. The van der Waals surface area contributed by atoms with Gasteiger partial charge in [-0.25, -0.2) is 4.39 Å². The number of ether oxygens (including phenoxy) is 2. The second-order valence-corrected chi connectivity index (χ2v) is 7.02. The minimum Gasteiger partial charge on any atom is -0.381 e. The standard InChI is InChI=1S/C19H23FN2O3/c20-15-2-1-14-4-8-22(17(14)11-15)13-18(23)21-12-16-3-5-19(25-16)6-9-24-10-7-19/h1-2,4,8,11,16H,3,5-7,9-10,12-13H2,(H,21,23). The summed E-state index contributed by atoms with van der Waals surface area (Å²) in [4.78, 5) is 12.3. The number of rotatable bonds is 4. The number of carbonyl (C=O) groups excluding carboxylic acids is 1. The Morgan fingerprint density at radius 1 is 1.28 bits per heavy atom. The van der Waals surface area contributed by atoms with Crippen molar-refractivity contribution in [1.82, 2.24) is 9.88 Å². The summed E-state index contributed by atoms with van der Waals surface area (Å²) in [5, 5.41) is 3.88. The van der Waals surface area contributed by atoms with Gasteiger partial charge in [0.05, 0.1) is 17.2 Å². The second-order valence-electron chi connectivity index (χ2n) is 7.02. The first-order valence-corrected chi connectivity index (χ1v) is 8.90. The van der Waals surface area contributed by atoms with Crippen LogP contribution >= 0.6 is 0 Å². The fourth-order valence-electron chi connectivity index (χ4n) is 3.88. The molecule has 1 aromatic carbocycles. The fraction of sp³-hybridized carbons (Fsp3) is 0.526. The van der Waals surface area contributed by atoms with Crippen LogP contribution in [-0.2, 0) is 20.8 Å². The number of hydrogen-bond donors (Lipinski definition) is 1. The summed E-state index contributed by atoms with van der Waals surface area (Å²) in [6.45, 7) is 2.22. The van der Waals surface area contributed by atoms with Gasteiger partial charge in [-0.05, 0) is 55.3 Å². The van der Waals surface area contributed by atoms with Gasteiger partial charge in [-0.3, -0.25) is 4.79 Å². The zero-order chi connectivity index (χ0) is 17.3. The highest BCUT2D eigenvalue weighted by Crippen LogP contribution is 2.38. The molecule has 25 heavy (non-hydrogen) atoms. The monoisotopic (exact) mass is 346 g/mol. The SMILES string of the molecule is O=C(Cn1ccc2ccc(F)cc21)NCC1CCC2(CCOCC2)O1. The molecule has 2 saturated heterocycles. The zero-order valence-corrected chi connectivity index (χ0v) is 14.2. The Bertz CT molecular complexity index is 767. The first-order valence-electron chi connectivity index (χ1n) is 8.90. The Kier molecular flexibility index (Phi) is 4.48. The largest absolute Gasteiger partial charge is 0.381 e. The minimum absolute atomic E-state index is 0.0399. The molecule has 5 nitrogen and oxygen atoms in total. The van der Waals surface area contributed by atoms with Gasteiger partial charge in [-0.1, -0.05) is 0 Å². The summed E-state index contributed by atoms with van der Waals surface area (Å²) in [6.07, 6.45) is 5.78. The van der Waals surface area contributed by atoms with E-state index in [0.717, 1.165) is 49.8 Å². The van der Waals surface area contributed by atoms with Crippen LogP contribution in [0.3, 0.4) is 0 Å². The van der Waals surface area contributed by atoms with Crippen LogP contribution in [0.4, 0.5) is 4.39 Å². The molecule has 1 aromatic heterocycles.